The summed E-state index contributed by atoms with van der Waals surface area (Å²) in [5, 5.41) is -0.325. The summed E-state index contributed by atoms with van der Waals surface area (Å²) in [5.41, 5.74) is 3.49. The molecule has 0 radical (unpaired) electrons. The van der Waals surface area contributed by atoms with E-state index in [9.17, 15) is 9.59 Å². The third-order valence-electron chi connectivity index (χ3n) is 4.85. The molecule has 0 spiro atoms. The van der Waals surface area contributed by atoms with Crippen LogP contribution >= 0.6 is 27.7 Å². The van der Waals surface area contributed by atoms with Crippen molar-refractivity contribution >= 4 is 50.6 Å². The molecule has 3 aromatic rings. The Bertz CT molecular complexity index is 1210. The zero-order valence-electron chi connectivity index (χ0n) is 17.5. The number of amides is 2. The van der Waals surface area contributed by atoms with Gasteiger partial charge in [0.15, 0.2) is 11.5 Å². The van der Waals surface area contributed by atoms with Gasteiger partial charge >= 0.3 is 0 Å². The van der Waals surface area contributed by atoms with E-state index in [0.29, 0.717) is 34.3 Å². The molecule has 2 amide bonds. The predicted octanol–water partition coefficient (Wildman–Crippen LogP) is 6.59. The average molecular weight is 510 g/mol. The zero-order chi connectivity index (χ0) is 22.7. The van der Waals surface area contributed by atoms with E-state index in [0.717, 1.165) is 21.8 Å². The van der Waals surface area contributed by atoms with Gasteiger partial charge in [-0.15, -0.1) is 0 Å². The van der Waals surface area contributed by atoms with Crippen molar-refractivity contribution in [2.24, 2.45) is 0 Å². The van der Waals surface area contributed by atoms with Crippen LogP contribution < -0.4 is 14.4 Å². The fraction of sp³-hybridized carbons (Fsp3) is 0.120. The van der Waals surface area contributed by atoms with Crippen LogP contribution in [0.25, 0.3) is 6.08 Å². The summed E-state index contributed by atoms with van der Waals surface area (Å²) in [4.78, 5) is 26.9. The largest absolute Gasteiger partial charge is 0.493 e. The number of halogens is 1. The Hall–Kier alpha value is -3.03. The van der Waals surface area contributed by atoms with Gasteiger partial charge in [0, 0.05) is 4.47 Å². The number of ether oxygens (including phenoxy) is 2. The normalized spacial score (nSPS) is 14.8. The van der Waals surface area contributed by atoms with Crippen LogP contribution in [-0.4, -0.2) is 18.3 Å². The second kappa shape index (κ2) is 9.63. The minimum Gasteiger partial charge on any atom is -0.493 e. The van der Waals surface area contributed by atoms with Crippen LogP contribution in [0.1, 0.15) is 16.7 Å². The number of nitrogens with zero attached hydrogens (tertiary/aromatic N) is 1. The van der Waals surface area contributed by atoms with E-state index in [1.165, 1.54) is 10.5 Å². The van der Waals surface area contributed by atoms with Crippen LogP contribution in [0.5, 0.6) is 11.5 Å². The smallest absolute Gasteiger partial charge is 0.298 e. The highest BCUT2D eigenvalue weighted by molar-refractivity contribution is 9.10. The summed E-state index contributed by atoms with van der Waals surface area (Å²) < 4.78 is 12.2. The first-order valence-corrected chi connectivity index (χ1v) is 11.5. The Morgan fingerprint density at radius 1 is 1.00 bits per heavy atom. The molecule has 0 atom stereocenters. The zero-order valence-corrected chi connectivity index (χ0v) is 19.9. The summed E-state index contributed by atoms with van der Waals surface area (Å²) in [6, 6.07) is 20.6. The van der Waals surface area contributed by atoms with Gasteiger partial charge in [-0.25, -0.2) is 4.90 Å². The Morgan fingerprint density at radius 2 is 1.78 bits per heavy atom. The van der Waals surface area contributed by atoms with Crippen molar-refractivity contribution < 1.29 is 19.1 Å². The molecule has 0 unspecified atom stereocenters. The van der Waals surface area contributed by atoms with Gasteiger partial charge in [-0.05, 0) is 60.2 Å². The quantitative estimate of drug-likeness (QED) is 0.351. The molecule has 5 nitrogen and oxygen atoms in total. The molecule has 162 valence electrons. The number of imide groups is 1. The predicted molar refractivity (Wildman–Crippen MR) is 131 cm³/mol. The third-order valence-corrected chi connectivity index (χ3v) is 6.41. The number of thioether (sulfide) groups is 1. The lowest BCUT2D eigenvalue weighted by molar-refractivity contribution is -0.113. The van der Waals surface area contributed by atoms with Crippen LogP contribution in [-0.2, 0) is 11.4 Å². The Morgan fingerprint density at radius 3 is 2.50 bits per heavy atom. The molecule has 0 bridgehead atoms. The molecule has 0 aromatic heterocycles. The molecule has 0 N–H and O–H groups in total. The number of rotatable bonds is 6. The highest BCUT2D eigenvalue weighted by Gasteiger charge is 2.36. The van der Waals surface area contributed by atoms with Crippen molar-refractivity contribution in [2.75, 3.05) is 12.0 Å². The molecular weight excluding hydrogens is 490 g/mol. The Labute approximate surface area is 199 Å². The summed E-state index contributed by atoms with van der Waals surface area (Å²) in [7, 11) is 1.57. The van der Waals surface area contributed by atoms with E-state index < -0.39 is 0 Å². The third kappa shape index (κ3) is 4.74. The molecule has 7 heteroatoms. The summed E-state index contributed by atoms with van der Waals surface area (Å²) in [5.74, 6) is 0.765. The molecular formula is C25H20BrNO4S. The number of para-hydroxylation sites is 1. The first-order valence-electron chi connectivity index (χ1n) is 9.85. The molecule has 1 aliphatic heterocycles. The van der Waals surface area contributed by atoms with Crippen LogP contribution in [0.3, 0.4) is 0 Å². The Kier molecular flexibility index (Phi) is 6.67. The van der Waals surface area contributed by atoms with Gasteiger partial charge in [0.1, 0.15) is 6.61 Å². The molecule has 3 aromatic carbocycles. The lowest BCUT2D eigenvalue weighted by Crippen LogP contribution is -2.27. The minimum absolute atomic E-state index is 0.325. The maximum absolute atomic E-state index is 12.9. The summed E-state index contributed by atoms with van der Waals surface area (Å²) in [6.07, 6.45) is 1.69. The summed E-state index contributed by atoms with van der Waals surface area (Å²) >= 11 is 4.46. The molecule has 1 saturated heterocycles. The van der Waals surface area contributed by atoms with E-state index in [1.54, 1.807) is 43.5 Å². The van der Waals surface area contributed by atoms with Crippen LogP contribution in [0, 0.1) is 6.92 Å². The molecule has 32 heavy (non-hydrogen) atoms. The van der Waals surface area contributed by atoms with Crippen molar-refractivity contribution in [3.8, 4) is 11.5 Å². The van der Waals surface area contributed by atoms with Gasteiger partial charge in [0.2, 0.25) is 0 Å². The van der Waals surface area contributed by atoms with E-state index >= 15 is 0 Å². The maximum Gasteiger partial charge on any atom is 0.298 e. The van der Waals surface area contributed by atoms with Gasteiger partial charge in [-0.2, -0.15) is 0 Å². The number of anilines is 1. The Balaban J connectivity index is 1.58. The molecule has 1 fully saturated rings. The van der Waals surface area contributed by atoms with E-state index in [2.05, 4.69) is 22.0 Å². The number of hydrogen-bond donors (Lipinski definition) is 0. The van der Waals surface area contributed by atoms with E-state index in [4.69, 9.17) is 9.47 Å². The molecule has 4 rings (SSSR count). The number of aryl methyl sites for hydroxylation is 1. The number of carbonyl (C=O) groups excluding carboxylic acids is 2. The van der Waals surface area contributed by atoms with Gasteiger partial charge < -0.3 is 9.47 Å². The highest BCUT2D eigenvalue weighted by Crippen LogP contribution is 2.39. The van der Waals surface area contributed by atoms with Crippen molar-refractivity contribution in [1.29, 1.82) is 0 Å². The van der Waals surface area contributed by atoms with E-state index in [-0.39, 0.29) is 11.1 Å². The molecule has 1 aliphatic rings. The SMILES string of the molecule is COc1cc(/C=C2\SC(=O)N(c3ccccc3)C2=O)c(Br)cc1OCc1cccc(C)c1. The van der Waals surface area contributed by atoms with Crippen molar-refractivity contribution in [1.82, 2.24) is 0 Å². The molecule has 0 aliphatic carbocycles. The monoisotopic (exact) mass is 509 g/mol. The number of benzene rings is 3. The summed E-state index contributed by atoms with van der Waals surface area (Å²) in [6.45, 7) is 2.44. The fourth-order valence-electron chi connectivity index (χ4n) is 3.31. The lowest BCUT2D eigenvalue weighted by Gasteiger charge is -2.13. The topological polar surface area (TPSA) is 55.8 Å². The van der Waals surface area contributed by atoms with Crippen molar-refractivity contribution in [2.45, 2.75) is 13.5 Å². The van der Waals surface area contributed by atoms with Gasteiger partial charge in [0.25, 0.3) is 11.1 Å². The van der Waals surface area contributed by atoms with E-state index in [1.807, 2.05) is 37.3 Å². The minimum atomic E-state index is -0.350. The lowest BCUT2D eigenvalue weighted by atomic mass is 10.1. The molecule has 1 heterocycles. The first kappa shape index (κ1) is 22.2. The second-order valence-corrected chi connectivity index (χ2v) is 9.00. The average Bonchev–Trinajstić information content (AvgIpc) is 3.07. The first-order chi connectivity index (χ1) is 15.5. The maximum atomic E-state index is 12.9. The molecule has 0 saturated carbocycles. The van der Waals surface area contributed by atoms with Crippen LogP contribution in [0.2, 0.25) is 0 Å². The number of methoxy groups -OCH3 is 1. The van der Waals surface area contributed by atoms with Crippen LogP contribution in [0.15, 0.2) is 76.1 Å². The standard InChI is InChI=1S/C25H20BrNO4S/c1-16-7-6-8-17(11-16)15-31-22-14-20(26)18(12-21(22)30-2)13-23-24(28)27(25(29)32-23)19-9-4-3-5-10-19/h3-14H,15H2,1-2H3/b23-13-. The van der Waals surface area contributed by atoms with Gasteiger partial charge in [0.05, 0.1) is 17.7 Å². The number of carbonyl (C=O) groups is 2. The second-order valence-electron chi connectivity index (χ2n) is 7.15. The van der Waals surface area contributed by atoms with Crippen LogP contribution in [0.4, 0.5) is 10.5 Å². The van der Waals surface area contributed by atoms with Gasteiger partial charge in [-0.3, -0.25) is 9.59 Å². The number of hydrogen-bond acceptors (Lipinski definition) is 5. The highest BCUT2D eigenvalue weighted by atomic mass is 79.9. The van der Waals surface area contributed by atoms with Gasteiger partial charge in [-0.1, -0.05) is 64.0 Å². The fourth-order valence-corrected chi connectivity index (χ4v) is 4.57. The van der Waals surface area contributed by atoms with Crippen molar-refractivity contribution in [3.63, 3.8) is 0 Å². The van der Waals surface area contributed by atoms with Crippen molar-refractivity contribution in [3.05, 3.63) is 92.8 Å².